The quantitative estimate of drug-likeness (QED) is 0.853. The van der Waals surface area contributed by atoms with Gasteiger partial charge in [-0.3, -0.25) is 4.79 Å². The highest BCUT2D eigenvalue weighted by atomic mass is 35.5. The number of nitrogens with one attached hydrogen (secondary N) is 1. The van der Waals surface area contributed by atoms with Crippen LogP contribution in [-0.2, 0) is 0 Å². The Kier molecular flexibility index (Phi) is 4.70. The summed E-state index contributed by atoms with van der Waals surface area (Å²) in [6.45, 7) is 0. The summed E-state index contributed by atoms with van der Waals surface area (Å²) in [6, 6.07) is 6.28. The van der Waals surface area contributed by atoms with Gasteiger partial charge in [0.15, 0.2) is 0 Å². The number of methoxy groups -OCH3 is 1. The lowest BCUT2D eigenvalue weighted by Crippen LogP contribution is -2.12. The summed E-state index contributed by atoms with van der Waals surface area (Å²) in [6.07, 6.45) is 1.32. The van der Waals surface area contributed by atoms with E-state index in [2.05, 4.69) is 10.3 Å². The summed E-state index contributed by atoms with van der Waals surface area (Å²) < 4.78 is 5.08. The van der Waals surface area contributed by atoms with Gasteiger partial charge < -0.3 is 10.1 Å². The Balaban J connectivity index is 2.25. The number of carbonyl (C=O) groups excluding carboxylic acids is 1. The Hall–Kier alpha value is -1.49. The number of benzene rings is 1. The third-order valence-electron chi connectivity index (χ3n) is 2.48. The molecule has 0 aliphatic carbocycles. The molecule has 1 amide bonds. The molecule has 4 nitrogen and oxygen atoms in total. The van der Waals surface area contributed by atoms with Crippen molar-refractivity contribution < 1.29 is 9.53 Å². The van der Waals surface area contributed by atoms with Gasteiger partial charge in [0.05, 0.1) is 22.7 Å². The van der Waals surface area contributed by atoms with Crippen molar-refractivity contribution in [3.63, 3.8) is 0 Å². The standard InChI is InChI=1S/C13H9Cl3N2O2/c1-20-11-4-7(2-3-9(11)14)18-13(19)8-5-12(16)17-6-10(8)15/h2-6H,1H3,(H,18,19). The molecule has 0 radical (unpaired) electrons. The van der Waals surface area contributed by atoms with Gasteiger partial charge in [-0.1, -0.05) is 34.8 Å². The summed E-state index contributed by atoms with van der Waals surface area (Å²) in [5.74, 6) is 0.0620. The maximum atomic E-state index is 12.1. The number of carbonyl (C=O) groups is 1. The second-order valence-corrected chi connectivity index (χ2v) is 4.99. The van der Waals surface area contributed by atoms with Crippen LogP contribution < -0.4 is 10.1 Å². The fourth-order valence-corrected chi connectivity index (χ4v) is 2.06. The normalized spacial score (nSPS) is 10.2. The number of hydrogen-bond donors (Lipinski definition) is 1. The molecule has 1 aromatic heterocycles. The van der Waals surface area contributed by atoms with Crippen LogP contribution in [0.25, 0.3) is 0 Å². The smallest absolute Gasteiger partial charge is 0.257 e. The minimum absolute atomic E-state index is 0.188. The van der Waals surface area contributed by atoms with Gasteiger partial charge in [-0.05, 0) is 18.2 Å². The van der Waals surface area contributed by atoms with Crippen LogP contribution in [0, 0.1) is 0 Å². The molecule has 2 rings (SSSR count). The molecule has 104 valence electrons. The van der Waals surface area contributed by atoms with Gasteiger partial charge in [0.2, 0.25) is 0 Å². The van der Waals surface area contributed by atoms with Crippen LogP contribution >= 0.6 is 34.8 Å². The van der Waals surface area contributed by atoms with Gasteiger partial charge >= 0.3 is 0 Å². The van der Waals surface area contributed by atoms with Crippen molar-refractivity contribution >= 4 is 46.4 Å². The van der Waals surface area contributed by atoms with Crippen LogP contribution in [0.3, 0.4) is 0 Å². The predicted octanol–water partition coefficient (Wildman–Crippen LogP) is 4.30. The highest BCUT2D eigenvalue weighted by Gasteiger charge is 2.13. The van der Waals surface area contributed by atoms with E-state index in [9.17, 15) is 4.79 Å². The van der Waals surface area contributed by atoms with E-state index in [1.807, 2.05) is 0 Å². The van der Waals surface area contributed by atoms with Crippen LogP contribution in [-0.4, -0.2) is 18.0 Å². The second kappa shape index (κ2) is 6.31. The highest BCUT2D eigenvalue weighted by Crippen LogP contribution is 2.28. The van der Waals surface area contributed by atoms with Gasteiger partial charge in [0.25, 0.3) is 5.91 Å². The summed E-state index contributed by atoms with van der Waals surface area (Å²) in [5.41, 5.74) is 0.765. The molecule has 1 aromatic carbocycles. The molecule has 0 saturated heterocycles. The molecule has 0 aliphatic rings. The molecule has 0 bridgehead atoms. The van der Waals surface area contributed by atoms with Crippen LogP contribution in [0.2, 0.25) is 15.2 Å². The van der Waals surface area contributed by atoms with Crippen LogP contribution in [0.4, 0.5) is 5.69 Å². The lowest BCUT2D eigenvalue weighted by atomic mass is 10.2. The molecule has 0 atom stereocenters. The van der Waals surface area contributed by atoms with Crippen molar-refractivity contribution in [2.75, 3.05) is 12.4 Å². The van der Waals surface area contributed by atoms with Crippen LogP contribution in [0.15, 0.2) is 30.5 Å². The molecule has 1 heterocycles. The third kappa shape index (κ3) is 3.33. The Bertz CT molecular complexity index is 662. The summed E-state index contributed by atoms with van der Waals surface area (Å²) in [5, 5.41) is 3.54. The maximum Gasteiger partial charge on any atom is 0.257 e. The summed E-state index contributed by atoms with van der Waals surface area (Å²) >= 11 is 17.6. The fourth-order valence-electron chi connectivity index (χ4n) is 1.52. The van der Waals surface area contributed by atoms with Crippen LogP contribution in [0.5, 0.6) is 5.75 Å². The van der Waals surface area contributed by atoms with E-state index in [-0.39, 0.29) is 15.7 Å². The molecule has 0 spiro atoms. The largest absolute Gasteiger partial charge is 0.495 e. The van der Waals surface area contributed by atoms with Crippen LogP contribution in [0.1, 0.15) is 10.4 Å². The topological polar surface area (TPSA) is 51.2 Å². The summed E-state index contributed by atoms with van der Waals surface area (Å²) in [7, 11) is 1.49. The summed E-state index contributed by atoms with van der Waals surface area (Å²) in [4.78, 5) is 15.9. The molecule has 2 aromatic rings. The zero-order valence-corrected chi connectivity index (χ0v) is 12.6. The van der Waals surface area contributed by atoms with Crippen molar-refractivity contribution in [1.29, 1.82) is 0 Å². The predicted molar refractivity (Wildman–Crippen MR) is 80.2 cm³/mol. The first kappa shape index (κ1) is 14.9. The number of halogens is 3. The highest BCUT2D eigenvalue weighted by molar-refractivity contribution is 6.35. The number of ether oxygens (including phenoxy) is 1. The van der Waals surface area contributed by atoms with E-state index in [0.717, 1.165) is 0 Å². The molecule has 0 saturated carbocycles. The lowest BCUT2D eigenvalue weighted by Gasteiger charge is -2.09. The second-order valence-electron chi connectivity index (χ2n) is 3.79. The van der Waals surface area contributed by atoms with Gasteiger partial charge in [-0.25, -0.2) is 4.98 Å². The maximum absolute atomic E-state index is 12.1. The van der Waals surface area contributed by atoms with Crippen molar-refractivity contribution in [3.05, 3.63) is 51.2 Å². The molecule has 20 heavy (non-hydrogen) atoms. The van der Waals surface area contributed by atoms with E-state index in [0.29, 0.717) is 16.5 Å². The molecule has 0 fully saturated rings. The van der Waals surface area contributed by atoms with Gasteiger partial charge in [-0.15, -0.1) is 0 Å². The average Bonchev–Trinajstić information content (AvgIpc) is 2.43. The Labute approximate surface area is 130 Å². The fraction of sp³-hybridized carbons (Fsp3) is 0.0769. The first-order chi connectivity index (χ1) is 9.51. The monoisotopic (exact) mass is 330 g/mol. The number of hydrogen-bond acceptors (Lipinski definition) is 3. The number of pyridine rings is 1. The number of anilines is 1. The average molecular weight is 332 g/mol. The van der Waals surface area contributed by atoms with E-state index in [4.69, 9.17) is 39.5 Å². The minimum atomic E-state index is -0.399. The molecule has 1 N–H and O–H groups in total. The molecular weight excluding hydrogens is 323 g/mol. The zero-order chi connectivity index (χ0) is 14.7. The van der Waals surface area contributed by atoms with Gasteiger partial charge in [0, 0.05) is 18.0 Å². The minimum Gasteiger partial charge on any atom is -0.495 e. The Morgan fingerprint density at radius 2 is 1.95 bits per heavy atom. The third-order valence-corrected chi connectivity index (χ3v) is 3.30. The van der Waals surface area contributed by atoms with E-state index in [1.165, 1.54) is 19.4 Å². The molecular formula is C13H9Cl3N2O2. The lowest BCUT2D eigenvalue weighted by molar-refractivity contribution is 0.102. The first-order valence-corrected chi connectivity index (χ1v) is 6.60. The van der Waals surface area contributed by atoms with E-state index >= 15 is 0 Å². The molecule has 7 heteroatoms. The van der Waals surface area contributed by atoms with Crippen molar-refractivity contribution in [1.82, 2.24) is 4.98 Å². The van der Waals surface area contributed by atoms with E-state index < -0.39 is 5.91 Å². The Morgan fingerprint density at radius 3 is 2.65 bits per heavy atom. The first-order valence-electron chi connectivity index (χ1n) is 5.47. The van der Waals surface area contributed by atoms with Gasteiger partial charge in [-0.2, -0.15) is 0 Å². The van der Waals surface area contributed by atoms with Crippen molar-refractivity contribution in [3.8, 4) is 5.75 Å². The number of rotatable bonds is 3. The number of amides is 1. The van der Waals surface area contributed by atoms with Gasteiger partial charge in [0.1, 0.15) is 10.9 Å². The Morgan fingerprint density at radius 1 is 1.20 bits per heavy atom. The molecule has 0 aliphatic heterocycles. The van der Waals surface area contributed by atoms with Crippen molar-refractivity contribution in [2.45, 2.75) is 0 Å². The number of nitrogens with zero attached hydrogens (tertiary/aromatic N) is 1. The number of aromatic nitrogens is 1. The zero-order valence-electron chi connectivity index (χ0n) is 10.3. The molecule has 0 unspecified atom stereocenters. The SMILES string of the molecule is COc1cc(NC(=O)c2cc(Cl)ncc2Cl)ccc1Cl. The van der Waals surface area contributed by atoms with Crippen molar-refractivity contribution in [2.24, 2.45) is 0 Å². The van der Waals surface area contributed by atoms with E-state index in [1.54, 1.807) is 18.2 Å².